The van der Waals surface area contributed by atoms with Crippen molar-refractivity contribution in [1.29, 1.82) is 0 Å². The van der Waals surface area contributed by atoms with Crippen LogP contribution in [-0.4, -0.2) is 110 Å². The van der Waals surface area contributed by atoms with Gasteiger partial charge in [-0.05, 0) is 39.3 Å². The van der Waals surface area contributed by atoms with E-state index in [-0.39, 0.29) is 18.1 Å². The van der Waals surface area contributed by atoms with Gasteiger partial charge in [-0.25, -0.2) is 4.98 Å². The topological polar surface area (TPSA) is 74.3 Å². The maximum atomic E-state index is 12.9. The van der Waals surface area contributed by atoms with Crippen LogP contribution in [0.3, 0.4) is 0 Å². The molecule has 31 heavy (non-hydrogen) atoms. The monoisotopic (exact) mass is 432 g/mol. The van der Waals surface area contributed by atoms with Crippen molar-refractivity contribution < 1.29 is 14.3 Å². The number of ether oxygens (including phenoxy) is 2. The van der Waals surface area contributed by atoms with Gasteiger partial charge in [-0.15, -0.1) is 0 Å². The van der Waals surface area contributed by atoms with Crippen LogP contribution in [0.5, 0.6) is 0 Å². The van der Waals surface area contributed by atoms with Crippen LogP contribution in [0, 0.1) is 0 Å². The van der Waals surface area contributed by atoms with E-state index in [2.05, 4.69) is 26.7 Å². The zero-order chi connectivity index (χ0) is 21.8. The smallest absolute Gasteiger partial charge is 0.236 e. The lowest BCUT2D eigenvalue weighted by Gasteiger charge is -2.40. The summed E-state index contributed by atoms with van der Waals surface area (Å²) in [5.41, 5.74) is 0. The van der Waals surface area contributed by atoms with E-state index in [0.717, 1.165) is 64.0 Å². The molecule has 9 nitrogen and oxygen atoms in total. The third-order valence-corrected chi connectivity index (χ3v) is 6.44. The Bertz CT molecular complexity index is 734. The Hall–Kier alpha value is -1.97. The number of piperidine rings is 1. The van der Waals surface area contributed by atoms with Gasteiger partial charge in [-0.1, -0.05) is 0 Å². The first-order valence-corrected chi connectivity index (χ1v) is 11.5. The Balaban J connectivity index is 1.35. The highest BCUT2D eigenvalue weighted by Gasteiger charge is 2.30. The second-order valence-corrected chi connectivity index (χ2v) is 9.01. The number of anilines is 2. The number of hydrogen-bond donors (Lipinski definition) is 0. The van der Waals surface area contributed by atoms with Gasteiger partial charge >= 0.3 is 0 Å². The minimum Gasteiger partial charge on any atom is -0.378 e. The summed E-state index contributed by atoms with van der Waals surface area (Å²) in [6.07, 6.45) is 4.20. The number of carbonyl (C=O) groups excluding carboxylic acids is 1. The standard InChI is InChI=1S/C22H36N6O3/c1-17-13-28(14-18(2)31-17)21(29)16-26-8-4-5-19(15-26)25(3)22-23-7-6-20(24-22)27-9-11-30-12-10-27/h6-7,17-19H,4-5,8-16H2,1-3H3. The highest BCUT2D eigenvalue weighted by atomic mass is 16.5. The molecule has 1 amide bonds. The van der Waals surface area contributed by atoms with E-state index in [4.69, 9.17) is 14.5 Å². The SMILES string of the molecule is CC1CN(C(=O)CN2CCCC(N(C)c3nccc(N4CCOCC4)n3)C2)CC(C)O1. The van der Waals surface area contributed by atoms with Crippen molar-refractivity contribution in [3.05, 3.63) is 12.3 Å². The van der Waals surface area contributed by atoms with Crippen molar-refractivity contribution >= 4 is 17.7 Å². The Morgan fingerprint density at radius 2 is 1.90 bits per heavy atom. The van der Waals surface area contributed by atoms with E-state index in [1.165, 1.54) is 0 Å². The summed E-state index contributed by atoms with van der Waals surface area (Å²) in [5.74, 6) is 1.91. The van der Waals surface area contributed by atoms with E-state index < -0.39 is 0 Å². The molecule has 3 fully saturated rings. The van der Waals surface area contributed by atoms with Crippen LogP contribution >= 0.6 is 0 Å². The summed E-state index contributed by atoms with van der Waals surface area (Å²) >= 11 is 0. The predicted octanol–water partition coefficient (Wildman–Crippen LogP) is 0.850. The third kappa shape index (κ3) is 5.64. The number of likely N-dealkylation sites (N-methyl/N-ethyl adjacent to an activating group) is 1. The van der Waals surface area contributed by atoms with E-state index in [1.807, 2.05) is 31.0 Å². The van der Waals surface area contributed by atoms with E-state index in [1.54, 1.807) is 0 Å². The van der Waals surface area contributed by atoms with Crippen LogP contribution in [0.15, 0.2) is 12.3 Å². The van der Waals surface area contributed by atoms with Gasteiger partial charge in [0.2, 0.25) is 11.9 Å². The first-order valence-electron chi connectivity index (χ1n) is 11.5. The molecule has 172 valence electrons. The van der Waals surface area contributed by atoms with Crippen molar-refractivity contribution in [2.24, 2.45) is 0 Å². The molecule has 1 aromatic heterocycles. The molecule has 0 spiro atoms. The lowest BCUT2D eigenvalue weighted by Crippen LogP contribution is -2.53. The van der Waals surface area contributed by atoms with E-state index >= 15 is 0 Å². The highest BCUT2D eigenvalue weighted by Crippen LogP contribution is 2.21. The van der Waals surface area contributed by atoms with Crippen molar-refractivity contribution in [1.82, 2.24) is 19.8 Å². The highest BCUT2D eigenvalue weighted by molar-refractivity contribution is 5.78. The van der Waals surface area contributed by atoms with Crippen molar-refractivity contribution in [2.75, 3.05) is 75.9 Å². The fraction of sp³-hybridized carbons (Fsp3) is 0.773. The summed E-state index contributed by atoms with van der Waals surface area (Å²) in [6, 6.07) is 2.27. The second kappa shape index (κ2) is 10.1. The summed E-state index contributed by atoms with van der Waals surface area (Å²) < 4.78 is 11.2. The van der Waals surface area contributed by atoms with Gasteiger partial charge in [0.05, 0.1) is 32.0 Å². The van der Waals surface area contributed by atoms with Gasteiger partial charge in [0.1, 0.15) is 5.82 Å². The lowest BCUT2D eigenvalue weighted by atomic mass is 10.0. The third-order valence-electron chi connectivity index (χ3n) is 6.44. The van der Waals surface area contributed by atoms with Gasteiger partial charge in [0.15, 0.2) is 0 Å². The fourth-order valence-corrected chi connectivity index (χ4v) is 4.80. The molecule has 3 unspecified atom stereocenters. The largest absolute Gasteiger partial charge is 0.378 e. The molecule has 4 heterocycles. The maximum Gasteiger partial charge on any atom is 0.236 e. The van der Waals surface area contributed by atoms with Crippen LogP contribution in [0.4, 0.5) is 11.8 Å². The Labute approximate surface area is 185 Å². The number of morpholine rings is 2. The molecule has 0 aromatic carbocycles. The first kappa shape index (κ1) is 22.2. The van der Waals surface area contributed by atoms with Crippen molar-refractivity contribution in [3.8, 4) is 0 Å². The quantitative estimate of drug-likeness (QED) is 0.678. The molecular formula is C22H36N6O3. The number of hydrogen-bond acceptors (Lipinski definition) is 8. The summed E-state index contributed by atoms with van der Waals surface area (Å²) in [6.45, 7) is 10.9. The molecule has 4 rings (SSSR count). The van der Waals surface area contributed by atoms with Crippen molar-refractivity contribution in [2.45, 2.75) is 44.9 Å². The summed E-state index contributed by atoms with van der Waals surface area (Å²) in [4.78, 5) is 30.9. The molecular weight excluding hydrogens is 396 g/mol. The molecule has 3 atom stereocenters. The van der Waals surface area contributed by atoms with Gasteiger partial charge in [0.25, 0.3) is 0 Å². The Kier molecular flexibility index (Phi) is 7.24. The van der Waals surface area contributed by atoms with Crippen LogP contribution in [0.25, 0.3) is 0 Å². The molecule has 3 aliphatic heterocycles. The minimum atomic E-state index is 0.101. The van der Waals surface area contributed by atoms with Gasteiger partial charge in [0, 0.05) is 52.0 Å². The average Bonchev–Trinajstić information content (AvgIpc) is 2.79. The second-order valence-electron chi connectivity index (χ2n) is 9.01. The number of aromatic nitrogens is 2. The normalized spacial score (nSPS) is 27.9. The van der Waals surface area contributed by atoms with E-state index in [0.29, 0.717) is 25.7 Å². The van der Waals surface area contributed by atoms with Crippen LogP contribution in [-0.2, 0) is 14.3 Å². The number of carbonyl (C=O) groups is 1. The number of likely N-dealkylation sites (tertiary alicyclic amines) is 1. The fourth-order valence-electron chi connectivity index (χ4n) is 4.80. The summed E-state index contributed by atoms with van der Waals surface area (Å²) in [5, 5.41) is 0. The first-order chi connectivity index (χ1) is 15.0. The average molecular weight is 433 g/mol. The molecule has 1 aromatic rings. The Morgan fingerprint density at radius 1 is 1.16 bits per heavy atom. The molecule has 0 N–H and O–H groups in total. The molecule has 0 saturated carbocycles. The lowest BCUT2D eigenvalue weighted by molar-refractivity contribution is -0.144. The molecule has 3 saturated heterocycles. The molecule has 9 heteroatoms. The zero-order valence-corrected chi connectivity index (χ0v) is 19.1. The van der Waals surface area contributed by atoms with Crippen LogP contribution in [0.1, 0.15) is 26.7 Å². The number of amides is 1. The van der Waals surface area contributed by atoms with Crippen LogP contribution in [0.2, 0.25) is 0 Å². The van der Waals surface area contributed by atoms with Gasteiger partial charge in [-0.3, -0.25) is 9.69 Å². The minimum absolute atomic E-state index is 0.101. The number of nitrogens with zero attached hydrogens (tertiary/aromatic N) is 6. The molecule has 0 bridgehead atoms. The van der Waals surface area contributed by atoms with E-state index in [9.17, 15) is 4.79 Å². The molecule has 0 radical (unpaired) electrons. The van der Waals surface area contributed by atoms with Crippen molar-refractivity contribution in [3.63, 3.8) is 0 Å². The van der Waals surface area contributed by atoms with Crippen LogP contribution < -0.4 is 9.80 Å². The van der Waals surface area contributed by atoms with Gasteiger partial charge in [-0.2, -0.15) is 4.98 Å². The zero-order valence-electron chi connectivity index (χ0n) is 19.1. The van der Waals surface area contributed by atoms with Gasteiger partial charge < -0.3 is 24.2 Å². The maximum absolute atomic E-state index is 12.9. The molecule has 3 aliphatic rings. The Morgan fingerprint density at radius 3 is 2.65 bits per heavy atom. The summed E-state index contributed by atoms with van der Waals surface area (Å²) in [7, 11) is 2.07. The molecule has 0 aliphatic carbocycles. The number of rotatable bonds is 5. The predicted molar refractivity (Wildman–Crippen MR) is 120 cm³/mol.